The third kappa shape index (κ3) is 5.36. The number of benzene rings is 1. The highest BCUT2D eigenvalue weighted by atomic mass is 16.5. The molecule has 1 aromatic carbocycles. The van der Waals surface area contributed by atoms with E-state index < -0.39 is 0 Å². The minimum absolute atomic E-state index is 0.00557. The Balaban J connectivity index is 1.07. The molecule has 3 atom stereocenters. The maximum Gasteiger partial charge on any atom is 0.253 e. The summed E-state index contributed by atoms with van der Waals surface area (Å²) in [5.74, 6) is 2.32. The number of piperidine rings is 1. The van der Waals surface area contributed by atoms with E-state index in [4.69, 9.17) is 9.72 Å². The average molecular weight is 532 g/mol. The van der Waals surface area contributed by atoms with Crippen LogP contribution in [0, 0.1) is 12.8 Å². The Labute approximate surface area is 231 Å². The lowest BCUT2D eigenvalue weighted by atomic mass is 9.76. The zero-order valence-corrected chi connectivity index (χ0v) is 23.2. The van der Waals surface area contributed by atoms with Crippen LogP contribution in [0.2, 0.25) is 0 Å². The van der Waals surface area contributed by atoms with Gasteiger partial charge in [0.25, 0.3) is 11.8 Å². The lowest BCUT2D eigenvalue weighted by Crippen LogP contribution is -2.47. The van der Waals surface area contributed by atoms with Gasteiger partial charge in [-0.1, -0.05) is 13.0 Å². The zero-order valence-electron chi connectivity index (χ0n) is 23.2. The Hall–Kier alpha value is -3.13. The molecule has 2 N–H and O–H groups in total. The standard InChI is InChI=1S/C31H41N5O3/c1-3-35-14-10-24(11-15-35)33-30(37)23-6-9-28(32-19-23)36-16-12-25(18-22-5-8-27(22)36)34-31(38)26-7-4-21-13-17-39-29(21)20(26)2/h4,6-7,9,19,22,24-25,27H,3,5,8,10-18H2,1-2H3,(H,33,37)(H,34,38). The number of likely N-dealkylation sites (tertiary alicyclic amines) is 1. The summed E-state index contributed by atoms with van der Waals surface area (Å²) in [5, 5.41) is 6.54. The van der Waals surface area contributed by atoms with Crippen molar-refractivity contribution in [3.8, 4) is 5.75 Å². The quantitative estimate of drug-likeness (QED) is 0.591. The smallest absolute Gasteiger partial charge is 0.253 e. The van der Waals surface area contributed by atoms with Crippen molar-refractivity contribution >= 4 is 17.6 Å². The molecule has 2 saturated heterocycles. The van der Waals surface area contributed by atoms with E-state index in [1.54, 1.807) is 6.20 Å². The number of nitrogens with zero attached hydrogens (tertiary/aromatic N) is 3. The van der Waals surface area contributed by atoms with Crippen LogP contribution in [0.25, 0.3) is 0 Å². The molecule has 208 valence electrons. The molecule has 1 aromatic heterocycles. The van der Waals surface area contributed by atoms with Gasteiger partial charge in [-0.25, -0.2) is 4.98 Å². The van der Waals surface area contributed by atoms with Gasteiger partial charge in [0.1, 0.15) is 11.6 Å². The van der Waals surface area contributed by atoms with Crippen LogP contribution in [-0.2, 0) is 6.42 Å². The summed E-state index contributed by atoms with van der Waals surface area (Å²) in [5.41, 5.74) is 3.47. The third-order valence-electron chi connectivity index (χ3n) is 9.44. The largest absolute Gasteiger partial charge is 0.493 e. The van der Waals surface area contributed by atoms with Crippen LogP contribution < -0.4 is 20.3 Å². The Morgan fingerprint density at radius 3 is 2.49 bits per heavy atom. The SMILES string of the molecule is CCN1CCC(NC(=O)c2ccc(N3CCC(NC(=O)c4ccc5c(c4C)OCC5)CC4CCC43)nc2)CC1. The van der Waals surface area contributed by atoms with Crippen molar-refractivity contribution < 1.29 is 14.3 Å². The first-order valence-corrected chi connectivity index (χ1v) is 14.8. The van der Waals surface area contributed by atoms with E-state index in [0.717, 1.165) is 81.8 Å². The lowest BCUT2D eigenvalue weighted by molar-refractivity contribution is 0.0908. The van der Waals surface area contributed by atoms with Crippen molar-refractivity contribution in [1.82, 2.24) is 20.5 Å². The molecular weight excluding hydrogens is 490 g/mol. The highest BCUT2D eigenvalue weighted by Crippen LogP contribution is 2.40. The first-order chi connectivity index (χ1) is 19.0. The molecule has 4 aliphatic rings. The van der Waals surface area contributed by atoms with Gasteiger partial charge >= 0.3 is 0 Å². The van der Waals surface area contributed by atoms with E-state index in [1.807, 2.05) is 31.2 Å². The number of hydrogen-bond donors (Lipinski definition) is 2. The fraction of sp³-hybridized carbons (Fsp3) is 0.581. The molecule has 1 saturated carbocycles. The van der Waals surface area contributed by atoms with E-state index >= 15 is 0 Å². The fourth-order valence-electron chi connectivity index (χ4n) is 6.87. The van der Waals surface area contributed by atoms with E-state index in [9.17, 15) is 9.59 Å². The molecule has 0 bridgehead atoms. The highest BCUT2D eigenvalue weighted by molar-refractivity contribution is 5.96. The topological polar surface area (TPSA) is 86.8 Å². The molecule has 3 aliphatic heterocycles. The number of anilines is 1. The second kappa shape index (κ2) is 11.2. The zero-order chi connectivity index (χ0) is 26.9. The summed E-state index contributed by atoms with van der Waals surface area (Å²) in [6, 6.07) is 8.70. The number of amides is 2. The van der Waals surface area contributed by atoms with Crippen LogP contribution in [0.4, 0.5) is 5.82 Å². The first kappa shape index (κ1) is 26.1. The highest BCUT2D eigenvalue weighted by Gasteiger charge is 2.40. The molecule has 1 aliphatic carbocycles. The number of carbonyl (C=O) groups excluding carboxylic acids is 2. The Morgan fingerprint density at radius 1 is 0.974 bits per heavy atom. The van der Waals surface area contributed by atoms with Crippen LogP contribution in [0.3, 0.4) is 0 Å². The molecule has 2 aromatic rings. The van der Waals surface area contributed by atoms with Crippen LogP contribution in [0.1, 0.15) is 77.3 Å². The molecule has 0 spiro atoms. The van der Waals surface area contributed by atoms with E-state index in [1.165, 1.54) is 12.0 Å². The predicted octanol–water partition coefficient (Wildman–Crippen LogP) is 3.72. The Kier molecular flexibility index (Phi) is 7.47. The lowest BCUT2D eigenvalue weighted by Gasteiger charge is -2.43. The monoisotopic (exact) mass is 531 g/mol. The Bertz CT molecular complexity index is 1210. The van der Waals surface area contributed by atoms with Gasteiger partial charge in [0.05, 0.1) is 12.2 Å². The summed E-state index contributed by atoms with van der Waals surface area (Å²) in [7, 11) is 0. The number of carbonyl (C=O) groups is 2. The summed E-state index contributed by atoms with van der Waals surface area (Å²) in [6.45, 7) is 8.86. The number of aromatic nitrogens is 1. The molecule has 39 heavy (non-hydrogen) atoms. The average Bonchev–Trinajstić information content (AvgIpc) is 3.39. The molecule has 0 radical (unpaired) electrons. The van der Waals surface area contributed by atoms with Crippen LogP contribution in [0.5, 0.6) is 5.75 Å². The maximum absolute atomic E-state index is 13.2. The Morgan fingerprint density at radius 2 is 1.77 bits per heavy atom. The van der Waals surface area contributed by atoms with Crippen LogP contribution in [0.15, 0.2) is 30.5 Å². The molecule has 2 amide bonds. The molecule has 3 unspecified atom stereocenters. The summed E-state index contributed by atoms with van der Waals surface area (Å²) in [6.07, 6.45) is 8.83. The van der Waals surface area contributed by atoms with Gasteiger partial charge in [-0.2, -0.15) is 0 Å². The van der Waals surface area contributed by atoms with Gasteiger partial charge in [0.2, 0.25) is 0 Å². The number of ether oxygens (including phenoxy) is 1. The van der Waals surface area contributed by atoms with Crippen molar-refractivity contribution in [2.45, 2.75) is 76.9 Å². The van der Waals surface area contributed by atoms with Crippen molar-refractivity contribution in [2.24, 2.45) is 5.92 Å². The first-order valence-electron chi connectivity index (χ1n) is 14.8. The van der Waals surface area contributed by atoms with Gasteiger partial charge in [-0.3, -0.25) is 9.59 Å². The van der Waals surface area contributed by atoms with Gasteiger partial charge in [-0.05, 0) is 81.7 Å². The molecule has 3 fully saturated rings. The molecule has 6 rings (SSSR count). The maximum atomic E-state index is 13.2. The number of pyridine rings is 1. The summed E-state index contributed by atoms with van der Waals surface area (Å²) in [4.78, 5) is 35.7. The van der Waals surface area contributed by atoms with E-state index in [-0.39, 0.29) is 23.9 Å². The van der Waals surface area contributed by atoms with Gasteiger partial charge < -0.3 is 25.2 Å². The van der Waals surface area contributed by atoms with Crippen LogP contribution in [-0.4, -0.2) is 72.6 Å². The van der Waals surface area contributed by atoms with Crippen LogP contribution >= 0.6 is 0 Å². The second-order valence-corrected chi connectivity index (χ2v) is 11.7. The van der Waals surface area contributed by atoms with Crippen molar-refractivity contribution in [3.63, 3.8) is 0 Å². The third-order valence-corrected chi connectivity index (χ3v) is 9.44. The fourth-order valence-corrected chi connectivity index (χ4v) is 6.87. The van der Waals surface area contributed by atoms with Crippen molar-refractivity contribution in [1.29, 1.82) is 0 Å². The van der Waals surface area contributed by atoms with Gasteiger partial charge in [0.15, 0.2) is 0 Å². The predicted molar refractivity (Wildman–Crippen MR) is 152 cm³/mol. The number of hydrogen-bond acceptors (Lipinski definition) is 6. The van der Waals surface area contributed by atoms with Crippen molar-refractivity contribution in [3.05, 3.63) is 52.7 Å². The number of rotatable bonds is 6. The van der Waals surface area contributed by atoms with E-state index in [0.29, 0.717) is 29.7 Å². The summed E-state index contributed by atoms with van der Waals surface area (Å²) < 4.78 is 5.78. The minimum atomic E-state index is -0.0311. The molecule has 4 heterocycles. The van der Waals surface area contributed by atoms with Gasteiger partial charge in [-0.15, -0.1) is 0 Å². The number of nitrogens with one attached hydrogen (secondary N) is 2. The normalized spacial score (nSPS) is 25.1. The van der Waals surface area contributed by atoms with Crippen molar-refractivity contribution in [2.75, 3.05) is 37.7 Å². The van der Waals surface area contributed by atoms with E-state index in [2.05, 4.69) is 27.4 Å². The second-order valence-electron chi connectivity index (χ2n) is 11.7. The molecule has 8 nitrogen and oxygen atoms in total. The minimum Gasteiger partial charge on any atom is -0.493 e. The van der Waals surface area contributed by atoms with Gasteiger partial charge in [0, 0.05) is 61.5 Å². The summed E-state index contributed by atoms with van der Waals surface area (Å²) >= 11 is 0. The molecule has 8 heteroatoms. The number of fused-ring (bicyclic) bond motifs is 2. The molecular formula is C31H41N5O3.